The Labute approximate surface area is 119 Å². The highest BCUT2D eigenvalue weighted by Crippen LogP contribution is 2.23. The smallest absolute Gasteiger partial charge is 0.335 e. The van der Waals surface area contributed by atoms with E-state index in [1.54, 1.807) is 18.2 Å². The van der Waals surface area contributed by atoms with E-state index < -0.39 is 15.8 Å². The molecule has 0 saturated carbocycles. The van der Waals surface area contributed by atoms with Crippen LogP contribution in [0, 0.1) is 0 Å². The van der Waals surface area contributed by atoms with Crippen LogP contribution in [0.1, 0.15) is 15.9 Å². The summed E-state index contributed by atoms with van der Waals surface area (Å²) in [6.45, 7) is 0. The van der Waals surface area contributed by atoms with Gasteiger partial charge in [0.05, 0.1) is 11.3 Å². The highest BCUT2D eigenvalue weighted by molar-refractivity contribution is 9.10. The summed E-state index contributed by atoms with van der Waals surface area (Å²) in [4.78, 5) is 10.7. The molecule has 0 fully saturated rings. The van der Waals surface area contributed by atoms with E-state index in [1.165, 1.54) is 18.0 Å². The average molecular weight is 353 g/mol. The molecule has 100 valence electrons. The van der Waals surface area contributed by atoms with Gasteiger partial charge in [-0.25, -0.2) is 13.2 Å². The zero-order valence-electron chi connectivity index (χ0n) is 9.72. The van der Waals surface area contributed by atoms with E-state index in [0.717, 1.165) is 10.0 Å². The van der Waals surface area contributed by atoms with Crippen LogP contribution in [0.2, 0.25) is 0 Å². The van der Waals surface area contributed by atoms with Crippen molar-refractivity contribution in [2.45, 2.75) is 5.75 Å². The van der Waals surface area contributed by atoms with E-state index >= 15 is 0 Å². The summed E-state index contributed by atoms with van der Waals surface area (Å²) in [5.41, 5.74) is 1.19. The molecule has 7 heteroatoms. The zero-order chi connectivity index (χ0) is 13.8. The van der Waals surface area contributed by atoms with Crippen LogP contribution in [0.5, 0.6) is 0 Å². The Morgan fingerprint density at radius 2 is 2.11 bits per heavy atom. The summed E-state index contributed by atoms with van der Waals surface area (Å²) in [7, 11) is -2.92. The Morgan fingerprint density at radius 3 is 2.61 bits per heavy atom. The molecule has 0 aromatic heterocycles. The number of aromatic carboxylic acids is 1. The van der Waals surface area contributed by atoms with Gasteiger partial charge in [-0.05, 0) is 17.7 Å². The first-order valence-electron chi connectivity index (χ1n) is 5.07. The van der Waals surface area contributed by atoms with Gasteiger partial charge in [0.2, 0.25) is 0 Å². The third-order valence-electron chi connectivity index (χ3n) is 2.16. The number of carboxylic acids is 1. The molecule has 0 heterocycles. The molecule has 18 heavy (non-hydrogen) atoms. The average Bonchev–Trinajstić information content (AvgIpc) is 2.24. The number of carboxylic acid groups (broad SMARTS) is 1. The maximum absolute atomic E-state index is 10.9. The van der Waals surface area contributed by atoms with Crippen molar-refractivity contribution in [1.29, 1.82) is 0 Å². The summed E-state index contributed by atoms with van der Waals surface area (Å²) in [5, 5.41) is 8.81. The molecule has 0 aliphatic carbocycles. The SMILES string of the molecule is CS(=O)(=O)CCSCc1ccc(C(=O)O)cc1Br. The summed E-state index contributed by atoms with van der Waals surface area (Å²) in [5.74, 6) is 0.372. The van der Waals surface area contributed by atoms with Crippen LogP contribution in [0.3, 0.4) is 0 Å². The Balaban J connectivity index is 2.56. The van der Waals surface area contributed by atoms with E-state index in [1.807, 2.05) is 0 Å². The number of hydrogen-bond acceptors (Lipinski definition) is 4. The van der Waals surface area contributed by atoms with E-state index in [2.05, 4.69) is 15.9 Å². The van der Waals surface area contributed by atoms with Gasteiger partial charge in [-0.3, -0.25) is 0 Å². The number of rotatable bonds is 6. The van der Waals surface area contributed by atoms with Gasteiger partial charge >= 0.3 is 5.97 Å². The van der Waals surface area contributed by atoms with Crippen LogP contribution in [-0.4, -0.2) is 37.3 Å². The Kier molecular flexibility index (Phi) is 5.68. The fraction of sp³-hybridized carbons (Fsp3) is 0.364. The van der Waals surface area contributed by atoms with Gasteiger partial charge in [0.25, 0.3) is 0 Å². The summed E-state index contributed by atoms with van der Waals surface area (Å²) < 4.78 is 22.6. The molecule has 1 aromatic carbocycles. The standard InChI is InChI=1S/C11H13BrO4S2/c1-18(15,16)5-4-17-7-9-3-2-8(11(13)14)6-10(9)12/h2-3,6H,4-5,7H2,1H3,(H,13,14). The second-order valence-corrected chi connectivity index (χ2v) is 8.01. The van der Waals surface area contributed by atoms with Crippen molar-refractivity contribution in [2.24, 2.45) is 0 Å². The highest BCUT2D eigenvalue weighted by atomic mass is 79.9. The van der Waals surface area contributed by atoms with Crippen LogP contribution in [0.25, 0.3) is 0 Å². The minimum Gasteiger partial charge on any atom is -0.478 e. The zero-order valence-corrected chi connectivity index (χ0v) is 12.9. The maximum atomic E-state index is 10.9. The van der Waals surface area contributed by atoms with Gasteiger partial charge in [0.1, 0.15) is 9.84 Å². The molecular weight excluding hydrogens is 340 g/mol. The van der Waals surface area contributed by atoms with Crippen molar-refractivity contribution in [2.75, 3.05) is 17.8 Å². The van der Waals surface area contributed by atoms with E-state index in [0.29, 0.717) is 11.5 Å². The molecule has 4 nitrogen and oxygen atoms in total. The van der Waals surface area contributed by atoms with E-state index in [4.69, 9.17) is 5.11 Å². The molecule has 0 atom stereocenters. The van der Waals surface area contributed by atoms with Gasteiger partial charge in [-0.15, -0.1) is 0 Å². The van der Waals surface area contributed by atoms with Crippen LogP contribution in [-0.2, 0) is 15.6 Å². The summed E-state index contributed by atoms with van der Waals surface area (Å²) in [6, 6.07) is 4.83. The molecule has 0 bridgehead atoms. The predicted molar refractivity (Wildman–Crippen MR) is 77.0 cm³/mol. The largest absolute Gasteiger partial charge is 0.478 e. The molecule has 0 radical (unpaired) electrons. The molecule has 0 saturated heterocycles. The summed E-state index contributed by atoms with van der Waals surface area (Å²) >= 11 is 4.82. The Hall–Kier alpha value is -0.530. The minimum absolute atomic E-state index is 0.155. The normalized spacial score (nSPS) is 11.4. The van der Waals surface area contributed by atoms with E-state index in [-0.39, 0.29) is 11.3 Å². The first-order valence-corrected chi connectivity index (χ1v) is 9.07. The van der Waals surface area contributed by atoms with Gasteiger partial charge in [-0.1, -0.05) is 22.0 Å². The quantitative estimate of drug-likeness (QED) is 0.796. The second-order valence-electron chi connectivity index (χ2n) is 3.79. The molecule has 0 amide bonds. The van der Waals surface area contributed by atoms with Crippen molar-refractivity contribution in [1.82, 2.24) is 0 Å². The highest BCUT2D eigenvalue weighted by Gasteiger charge is 2.07. The number of sulfone groups is 1. The van der Waals surface area contributed by atoms with Crippen molar-refractivity contribution >= 4 is 43.5 Å². The van der Waals surface area contributed by atoms with Gasteiger partial charge in [0.15, 0.2) is 0 Å². The van der Waals surface area contributed by atoms with Gasteiger partial charge in [0, 0.05) is 22.2 Å². The fourth-order valence-electron chi connectivity index (χ4n) is 1.19. The third kappa shape index (κ3) is 5.41. The lowest BCUT2D eigenvalue weighted by Crippen LogP contribution is -2.05. The van der Waals surface area contributed by atoms with E-state index in [9.17, 15) is 13.2 Å². The number of halogens is 1. The first-order chi connectivity index (χ1) is 8.29. The molecule has 1 N–H and O–H groups in total. The van der Waals surface area contributed by atoms with Crippen LogP contribution in [0.4, 0.5) is 0 Å². The van der Waals surface area contributed by atoms with Crippen molar-refractivity contribution < 1.29 is 18.3 Å². The van der Waals surface area contributed by atoms with Crippen LogP contribution >= 0.6 is 27.7 Å². The molecule has 0 spiro atoms. The molecule has 1 aromatic rings. The molecule has 0 unspecified atom stereocenters. The lowest BCUT2D eigenvalue weighted by atomic mass is 10.1. The molecule has 0 aliphatic rings. The molecule has 1 rings (SSSR count). The topological polar surface area (TPSA) is 71.4 Å². The number of thioether (sulfide) groups is 1. The molecule has 0 aliphatic heterocycles. The van der Waals surface area contributed by atoms with Crippen molar-refractivity contribution in [3.05, 3.63) is 33.8 Å². The lowest BCUT2D eigenvalue weighted by molar-refractivity contribution is 0.0697. The number of hydrogen-bond donors (Lipinski definition) is 1. The first kappa shape index (κ1) is 15.5. The van der Waals surface area contributed by atoms with Gasteiger partial charge in [-0.2, -0.15) is 11.8 Å². The van der Waals surface area contributed by atoms with Crippen LogP contribution in [0.15, 0.2) is 22.7 Å². The maximum Gasteiger partial charge on any atom is 0.335 e. The minimum atomic E-state index is -2.92. The lowest BCUT2D eigenvalue weighted by Gasteiger charge is -2.05. The predicted octanol–water partition coefficient (Wildman–Crippen LogP) is 2.43. The van der Waals surface area contributed by atoms with Gasteiger partial charge < -0.3 is 5.11 Å². The second kappa shape index (κ2) is 6.58. The van der Waals surface area contributed by atoms with Crippen molar-refractivity contribution in [3.8, 4) is 0 Å². The number of benzene rings is 1. The van der Waals surface area contributed by atoms with Crippen molar-refractivity contribution in [3.63, 3.8) is 0 Å². The Morgan fingerprint density at radius 1 is 1.44 bits per heavy atom. The third-order valence-corrected chi connectivity index (χ3v) is 5.11. The molecular formula is C11H13BrO4S2. The monoisotopic (exact) mass is 352 g/mol. The fourth-order valence-corrected chi connectivity index (χ4v) is 4.19. The van der Waals surface area contributed by atoms with Crippen LogP contribution < -0.4 is 0 Å². The Bertz CT molecular complexity index is 540. The summed E-state index contributed by atoms with van der Waals surface area (Å²) in [6.07, 6.45) is 1.21. The number of carbonyl (C=O) groups is 1.